The van der Waals surface area contributed by atoms with Crippen molar-refractivity contribution in [3.63, 3.8) is 0 Å². The normalized spacial score (nSPS) is 28.9. The molecule has 22 heavy (non-hydrogen) atoms. The zero-order valence-corrected chi connectivity index (χ0v) is 14.3. The summed E-state index contributed by atoms with van der Waals surface area (Å²) in [4.78, 5) is 11.6. The Morgan fingerprint density at radius 3 is 2.32 bits per heavy atom. The van der Waals surface area contributed by atoms with E-state index in [0.717, 1.165) is 6.42 Å². The molecule has 4 nitrogen and oxygen atoms in total. The number of rotatable bonds is 5. The second kappa shape index (κ2) is 6.59. The average molecular weight is 306 g/mol. The molecule has 0 aromatic carbocycles. The molecular weight excluding hydrogens is 279 g/mol. The lowest BCUT2D eigenvalue weighted by Crippen LogP contribution is -2.41. The van der Waals surface area contributed by atoms with E-state index in [9.17, 15) is 4.79 Å². The van der Waals surface area contributed by atoms with Crippen molar-refractivity contribution in [1.29, 1.82) is 0 Å². The minimum atomic E-state index is -0.335. The molecule has 1 fully saturated rings. The fourth-order valence-corrected chi connectivity index (χ4v) is 2.82. The average Bonchev–Trinajstić information content (AvgIpc) is 2.66. The Balaban J connectivity index is 2.01. The van der Waals surface area contributed by atoms with Crippen molar-refractivity contribution >= 4 is 13.1 Å². The van der Waals surface area contributed by atoms with Gasteiger partial charge in [-0.25, -0.2) is 0 Å². The molecule has 0 aromatic heterocycles. The minimum absolute atomic E-state index is 0.125. The van der Waals surface area contributed by atoms with Gasteiger partial charge in [0, 0.05) is 12.2 Å². The van der Waals surface area contributed by atoms with Crippen LogP contribution in [0.1, 0.15) is 47.5 Å². The van der Waals surface area contributed by atoms with E-state index in [4.69, 9.17) is 14.0 Å². The van der Waals surface area contributed by atoms with Gasteiger partial charge in [0.15, 0.2) is 0 Å². The van der Waals surface area contributed by atoms with Crippen LogP contribution in [0.25, 0.3) is 0 Å². The number of allylic oxidation sites excluding steroid dienone is 4. The van der Waals surface area contributed by atoms with Crippen molar-refractivity contribution in [1.82, 2.24) is 0 Å². The standard InChI is InChI=1S/C17H27BO4/c1-6-20-15(19)12-11-13-9-7-8-10-14(13)18-21-16(2,3)17(4,5)22-18/h7-10,13-14H,6,11-12H2,1-5H3. The zero-order chi connectivity index (χ0) is 16.4. The van der Waals surface area contributed by atoms with E-state index in [2.05, 4.69) is 39.8 Å². The maximum atomic E-state index is 11.6. The molecule has 0 aromatic rings. The van der Waals surface area contributed by atoms with Crippen LogP contribution in [0.15, 0.2) is 24.3 Å². The van der Waals surface area contributed by atoms with Crippen LogP contribution in [0.5, 0.6) is 0 Å². The SMILES string of the molecule is CCOC(=O)CCC1C=CC=CC1B1OC(C)(C)C(C)(C)O1. The molecule has 0 amide bonds. The molecule has 1 aliphatic heterocycles. The molecule has 0 radical (unpaired) electrons. The second-order valence-electron chi connectivity index (χ2n) is 6.98. The Morgan fingerprint density at radius 2 is 1.73 bits per heavy atom. The largest absolute Gasteiger partial charge is 0.466 e. The zero-order valence-electron chi connectivity index (χ0n) is 14.3. The number of carbonyl (C=O) groups is 1. The molecule has 5 heteroatoms. The summed E-state index contributed by atoms with van der Waals surface area (Å²) in [6, 6.07) is 0. The van der Waals surface area contributed by atoms with Crippen molar-refractivity contribution in [2.24, 2.45) is 5.92 Å². The van der Waals surface area contributed by atoms with Crippen LogP contribution in [0.3, 0.4) is 0 Å². The summed E-state index contributed by atoms with van der Waals surface area (Å²) < 4.78 is 17.3. The molecule has 0 spiro atoms. The summed E-state index contributed by atoms with van der Waals surface area (Å²) >= 11 is 0. The monoisotopic (exact) mass is 306 g/mol. The molecule has 2 aliphatic rings. The van der Waals surface area contributed by atoms with Crippen molar-refractivity contribution in [2.75, 3.05) is 6.61 Å². The third kappa shape index (κ3) is 3.63. The first-order valence-corrected chi connectivity index (χ1v) is 8.13. The first-order chi connectivity index (χ1) is 10.3. The molecule has 1 aliphatic carbocycles. The first-order valence-electron chi connectivity index (χ1n) is 8.13. The van der Waals surface area contributed by atoms with Crippen molar-refractivity contribution in [2.45, 2.75) is 64.5 Å². The first kappa shape index (κ1) is 17.3. The van der Waals surface area contributed by atoms with E-state index >= 15 is 0 Å². The summed E-state index contributed by atoms with van der Waals surface area (Å²) in [6.07, 6.45) is 9.47. The third-order valence-corrected chi connectivity index (χ3v) is 4.87. The Bertz CT molecular complexity index is 451. The fraction of sp³-hybridized carbons (Fsp3) is 0.706. The van der Waals surface area contributed by atoms with Crippen LogP contribution in [0.2, 0.25) is 5.82 Å². The number of carbonyl (C=O) groups excluding carboxylic acids is 1. The van der Waals surface area contributed by atoms with Gasteiger partial charge in [0.25, 0.3) is 0 Å². The molecule has 1 saturated heterocycles. The van der Waals surface area contributed by atoms with E-state index in [1.54, 1.807) is 0 Å². The fourth-order valence-electron chi connectivity index (χ4n) is 2.82. The van der Waals surface area contributed by atoms with Crippen LogP contribution in [0.4, 0.5) is 0 Å². The highest BCUT2D eigenvalue weighted by Crippen LogP contribution is 2.44. The Hall–Kier alpha value is -1.07. The summed E-state index contributed by atoms with van der Waals surface area (Å²) in [7, 11) is -0.279. The third-order valence-electron chi connectivity index (χ3n) is 4.87. The smallest absolute Gasteiger partial charge is 0.465 e. The van der Waals surface area contributed by atoms with Crippen LogP contribution in [0, 0.1) is 5.92 Å². The van der Waals surface area contributed by atoms with Gasteiger partial charge in [-0.3, -0.25) is 4.79 Å². The van der Waals surface area contributed by atoms with Crippen LogP contribution in [-0.2, 0) is 18.8 Å². The van der Waals surface area contributed by atoms with Gasteiger partial charge in [-0.15, -0.1) is 0 Å². The van der Waals surface area contributed by atoms with Gasteiger partial charge in [-0.05, 0) is 47.0 Å². The quantitative estimate of drug-likeness (QED) is 0.576. The van der Waals surface area contributed by atoms with Gasteiger partial charge in [0.05, 0.1) is 17.8 Å². The lowest BCUT2D eigenvalue weighted by Gasteiger charge is -2.32. The van der Waals surface area contributed by atoms with E-state index in [1.807, 2.05) is 19.1 Å². The highest BCUT2D eigenvalue weighted by molar-refractivity contribution is 6.48. The molecule has 2 unspecified atom stereocenters. The summed E-state index contributed by atoms with van der Waals surface area (Å²) in [6.45, 7) is 10.5. The van der Waals surface area contributed by atoms with Crippen LogP contribution >= 0.6 is 0 Å². The van der Waals surface area contributed by atoms with Crippen molar-refractivity contribution in [3.8, 4) is 0 Å². The van der Waals surface area contributed by atoms with Gasteiger partial charge >= 0.3 is 13.1 Å². The Labute approximate surface area is 134 Å². The van der Waals surface area contributed by atoms with Crippen molar-refractivity contribution in [3.05, 3.63) is 24.3 Å². The number of ether oxygens (including phenoxy) is 1. The topological polar surface area (TPSA) is 44.8 Å². The van der Waals surface area contributed by atoms with Gasteiger partial charge < -0.3 is 14.0 Å². The number of esters is 1. The van der Waals surface area contributed by atoms with E-state index in [0.29, 0.717) is 13.0 Å². The van der Waals surface area contributed by atoms with Crippen LogP contribution < -0.4 is 0 Å². The van der Waals surface area contributed by atoms with Gasteiger partial charge in [0.2, 0.25) is 0 Å². The van der Waals surface area contributed by atoms with Gasteiger partial charge in [-0.1, -0.05) is 24.3 Å². The number of hydrogen-bond acceptors (Lipinski definition) is 4. The molecule has 122 valence electrons. The van der Waals surface area contributed by atoms with Crippen LogP contribution in [-0.4, -0.2) is 30.9 Å². The predicted octanol–water partition coefficient (Wildman–Crippen LogP) is 3.53. The molecule has 0 N–H and O–H groups in total. The summed E-state index contributed by atoms with van der Waals surface area (Å²) in [5.41, 5.74) is -0.670. The number of hydrogen-bond donors (Lipinski definition) is 0. The maximum Gasteiger partial charge on any atom is 0.465 e. The maximum absolute atomic E-state index is 11.6. The van der Waals surface area contributed by atoms with E-state index in [-0.39, 0.29) is 36.0 Å². The Kier molecular flexibility index (Phi) is 5.18. The highest BCUT2D eigenvalue weighted by Gasteiger charge is 2.54. The highest BCUT2D eigenvalue weighted by atomic mass is 16.7. The molecule has 2 rings (SSSR count). The molecule has 0 bridgehead atoms. The predicted molar refractivity (Wildman–Crippen MR) is 87.5 cm³/mol. The van der Waals surface area contributed by atoms with Gasteiger partial charge in [-0.2, -0.15) is 0 Å². The molecular formula is C17H27BO4. The molecule has 0 saturated carbocycles. The Morgan fingerprint density at radius 1 is 1.14 bits per heavy atom. The minimum Gasteiger partial charge on any atom is -0.466 e. The van der Waals surface area contributed by atoms with E-state index in [1.165, 1.54) is 0 Å². The van der Waals surface area contributed by atoms with E-state index < -0.39 is 0 Å². The van der Waals surface area contributed by atoms with Crippen molar-refractivity contribution < 1.29 is 18.8 Å². The summed E-state index contributed by atoms with van der Waals surface area (Å²) in [5.74, 6) is 0.211. The molecule has 1 heterocycles. The lowest BCUT2D eigenvalue weighted by atomic mass is 9.62. The lowest BCUT2D eigenvalue weighted by molar-refractivity contribution is -0.143. The summed E-state index contributed by atoms with van der Waals surface area (Å²) in [5, 5.41) is 0. The second-order valence-corrected chi connectivity index (χ2v) is 6.98. The molecule has 2 atom stereocenters. The van der Waals surface area contributed by atoms with Gasteiger partial charge in [0.1, 0.15) is 0 Å².